The number of carbonyl (C=O) groups excluding carboxylic acids is 2. The Morgan fingerprint density at radius 2 is 1.96 bits per heavy atom. The van der Waals surface area contributed by atoms with Crippen LogP contribution in [0.3, 0.4) is 0 Å². The number of benzene rings is 1. The van der Waals surface area contributed by atoms with Crippen molar-refractivity contribution < 1.29 is 14.0 Å². The Bertz CT molecular complexity index is 653. The summed E-state index contributed by atoms with van der Waals surface area (Å²) in [5, 5.41) is 5.67. The fraction of sp³-hybridized carbons (Fsp3) is 0.333. The van der Waals surface area contributed by atoms with E-state index in [1.165, 1.54) is 0 Å². The van der Waals surface area contributed by atoms with E-state index in [9.17, 15) is 9.59 Å². The topological polar surface area (TPSA) is 71.3 Å². The lowest BCUT2D eigenvalue weighted by atomic mass is 10.1. The largest absolute Gasteiger partial charge is 0.469 e. The van der Waals surface area contributed by atoms with Crippen LogP contribution in [0, 0.1) is 0 Å². The van der Waals surface area contributed by atoms with E-state index in [-0.39, 0.29) is 24.3 Å². The van der Waals surface area contributed by atoms with Crippen LogP contribution in [0.5, 0.6) is 0 Å². The average molecular weight is 393 g/mol. The minimum atomic E-state index is -0.179. The summed E-state index contributed by atoms with van der Waals surface area (Å²) in [6.45, 7) is 2.27. The van der Waals surface area contributed by atoms with Crippen molar-refractivity contribution in [2.75, 3.05) is 6.54 Å². The van der Waals surface area contributed by atoms with E-state index in [2.05, 4.69) is 26.6 Å². The Kier molecular flexibility index (Phi) is 7.06. The second kappa shape index (κ2) is 9.27. The highest BCUT2D eigenvalue weighted by molar-refractivity contribution is 9.10. The van der Waals surface area contributed by atoms with E-state index in [4.69, 9.17) is 4.42 Å². The first-order valence-corrected chi connectivity index (χ1v) is 8.69. The van der Waals surface area contributed by atoms with Gasteiger partial charge >= 0.3 is 0 Å². The van der Waals surface area contributed by atoms with Crippen LogP contribution in [0.15, 0.2) is 51.6 Å². The molecule has 0 aliphatic rings. The molecule has 0 fully saturated rings. The van der Waals surface area contributed by atoms with Crippen molar-refractivity contribution in [3.8, 4) is 0 Å². The molecule has 0 saturated heterocycles. The van der Waals surface area contributed by atoms with E-state index in [0.29, 0.717) is 12.1 Å². The van der Waals surface area contributed by atoms with E-state index in [0.717, 1.165) is 23.1 Å². The van der Waals surface area contributed by atoms with Crippen LogP contribution in [0.2, 0.25) is 0 Å². The molecule has 0 bridgehead atoms. The maximum atomic E-state index is 11.9. The van der Waals surface area contributed by atoms with Gasteiger partial charge in [0.05, 0.1) is 6.26 Å². The minimum Gasteiger partial charge on any atom is -0.469 e. The Labute approximate surface area is 149 Å². The molecule has 1 atom stereocenters. The number of aryl methyl sites for hydroxylation is 1. The van der Waals surface area contributed by atoms with Crippen LogP contribution in [0.4, 0.5) is 0 Å². The van der Waals surface area contributed by atoms with Gasteiger partial charge in [-0.15, -0.1) is 0 Å². The van der Waals surface area contributed by atoms with E-state index >= 15 is 0 Å². The molecule has 2 amide bonds. The van der Waals surface area contributed by atoms with Crippen LogP contribution < -0.4 is 10.6 Å². The first kappa shape index (κ1) is 18.3. The highest BCUT2D eigenvalue weighted by Gasteiger charge is 2.10. The summed E-state index contributed by atoms with van der Waals surface area (Å²) in [6.07, 6.45) is 3.50. The molecule has 0 radical (unpaired) electrons. The summed E-state index contributed by atoms with van der Waals surface area (Å²) in [5.41, 5.74) is 0.574. The third kappa shape index (κ3) is 6.20. The number of rotatable bonds is 8. The fourth-order valence-electron chi connectivity index (χ4n) is 2.23. The molecule has 2 rings (SSSR count). The van der Waals surface area contributed by atoms with Gasteiger partial charge in [-0.2, -0.15) is 0 Å². The van der Waals surface area contributed by atoms with Gasteiger partial charge in [0.1, 0.15) is 5.76 Å². The zero-order valence-electron chi connectivity index (χ0n) is 13.5. The van der Waals surface area contributed by atoms with Gasteiger partial charge in [0.15, 0.2) is 0 Å². The summed E-state index contributed by atoms with van der Waals surface area (Å²) >= 11 is 3.32. The highest BCUT2D eigenvalue weighted by Crippen LogP contribution is 2.10. The van der Waals surface area contributed by atoms with Gasteiger partial charge < -0.3 is 15.1 Å². The van der Waals surface area contributed by atoms with Crippen molar-refractivity contribution in [1.29, 1.82) is 0 Å². The third-order valence-electron chi connectivity index (χ3n) is 3.56. The van der Waals surface area contributed by atoms with Gasteiger partial charge in [0.25, 0.3) is 5.91 Å². The lowest BCUT2D eigenvalue weighted by Crippen LogP contribution is -2.35. The molecule has 1 aromatic carbocycles. The summed E-state index contributed by atoms with van der Waals surface area (Å²) in [6, 6.07) is 10.9. The van der Waals surface area contributed by atoms with Crippen molar-refractivity contribution in [3.63, 3.8) is 0 Å². The highest BCUT2D eigenvalue weighted by atomic mass is 79.9. The molecule has 2 N–H and O–H groups in total. The molecule has 0 saturated carbocycles. The number of nitrogens with one attached hydrogen (secondary N) is 2. The predicted octanol–water partition coefficient (Wildman–Crippen LogP) is 3.30. The first-order valence-electron chi connectivity index (χ1n) is 7.90. The van der Waals surface area contributed by atoms with Gasteiger partial charge in [-0.25, -0.2) is 0 Å². The fourth-order valence-corrected chi connectivity index (χ4v) is 2.49. The van der Waals surface area contributed by atoms with Gasteiger partial charge in [-0.3, -0.25) is 9.59 Å². The number of carbonyl (C=O) groups is 2. The molecule has 1 unspecified atom stereocenters. The Balaban J connectivity index is 1.63. The molecule has 0 spiro atoms. The van der Waals surface area contributed by atoms with Crippen molar-refractivity contribution in [2.45, 2.75) is 32.2 Å². The van der Waals surface area contributed by atoms with E-state index in [1.54, 1.807) is 18.4 Å². The zero-order chi connectivity index (χ0) is 17.4. The number of hydrogen-bond donors (Lipinski definition) is 2. The molecule has 0 aliphatic heterocycles. The molecule has 0 aliphatic carbocycles. The Morgan fingerprint density at radius 3 is 2.62 bits per heavy atom. The smallest absolute Gasteiger partial charge is 0.251 e. The molecular formula is C18H21BrN2O3. The van der Waals surface area contributed by atoms with E-state index in [1.807, 2.05) is 31.2 Å². The standard InChI is InChI=1S/C18H21BrN2O3/c1-13(4-9-16-3-2-12-24-16)21-17(22)10-11-20-18(23)14-5-7-15(19)8-6-14/h2-3,5-8,12-13H,4,9-11H2,1H3,(H,20,23)(H,21,22). The zero-order valence-corrected chi connectivity index (χ0v) is 15.1. The number of amides is 2. The maximum absolute atomic E-state index is 11.9. The lowest BCUT2D eigenvalue weighted by molar-refractivity contribution is -0.121. The number of hydrogen-bond acceptors (Lipinski definition) is 3. The van der Waals surface area contributed by atoms with Crippen LogP contribution in [0.25, 0.3) is 0 Å². The van der Waals surface area contributed by atoms with Crippen molar-refractivity contribution >= 4 is 27.7 Å². The monoisotopic (exact) mass is 392 g/mol. The van der Waals surface area contributed by atoms with Crippen LogP contribution in [-0.2, 0) is 11.2 Å². The quantitative estimate of drug-likeness (QED) is 0.723. The average Bonchev–Trinajstić information content (AvgIpc) is 3.07. The van der Waals surface area contributed by atoms with Crippen molar-refractivity contribution in [3.05, 3.63) is 58.5 Å². The summed E-state index contributed by atoms with van der Waals surface area (Å²) in [5.74, 6) is 0.664. The molecule has 24 heavy (non-hydrogen) atoms. The molecular weight excluding hydrogens is 372 g/mol. The van der Waals surface area contributed by atoms with Crippen LogP contribution in [0.1, 0.15) is 35.9 Å². The normalized spacial score (nSPS) is 11.8. The maximum Gasteiger partial charge on any atom is 0.251 e. The predicted molar refractivity (Wildman–Crippen MR) is 95.7 cm³/mol. The molecule has 128 valence electrons. The van der Waals surface area contributed by atoms with Gasteiger partial charge in [0, 0.05) is 35.5 Å². The molecule has 1 heterocycles. The molecule has 1 aromatic heterocycles. The van der Waals surface area contributed by atoms with Crippen LogP contribution >= 0.6 is 15.9 Å². The summed E-state index contributed by atoms with van der Waals surface area (Å²) in [4.78, 5) is 23.8. The van der Waals surface area contributed by atoms with Gasteiger partial charge in [-0.1, -0.05) is 15.9 Å². The molecule has 6 heteroatoms. The molecule has 5 nitrogen and oxygen atoms in total. The summed E-state index contributed by atoms with van der Waals surface area (Å²) in [7, 11) is 0. The van der Waals surface area contributed by atoms with E-state index < -0.39 is 0 Å². The third-order valence-corrected chi connectivity index (χ3v) is 4.08. The minimum absolute atomic E-state index is 0.0600. The Morgan fingerprint density at radius 1 is 1.21 bits per heavy atom. The van der Waals surface area contributed by atoms with Gasteiger partial charge in [0.2, 0.25) is 5.91 Å². The number of furan rings is 1. The SMILES string of the molecule is CC(CCc1ccco1)NC(=O)CCNC(=O)c1ccc(Br)cc1. The second-order valence-electron chi connectivity index (χ2n) is 5.60. The van der Waals surface area contributed by atoms with Crippen molar-refractivity contribution in [2.24, 2.45) is 0 Å². The van der Waals surface area contributed by atoms with Gasteiger partial charge in [-0.05, 0) is 49.7 Å². The molecule has 2 aromatic rings. The number of halogens is 1. The van der Waals surface area contributed by atoms with Crippen molar-refractivity contribution in [1.82, 2.24) is 10.6 Å². The first-order chi connectivity index (χ1) is 11.5. The Hall–Kier alpha value is -2.08. The lowest BCUT2D eigenvalue weighted by Gasteiger charge is -2.13. The summed E-state index contributed by atoms with van der Waals surface area (Å²) < 4.78 is 6.18. The second-order valence-corrected chi connectivity index (χ2v) is 6.52. The van der Waals surface area contributed by atoms with Crippen LogP contribution in [-0.4, -0.2) is 24.4 Å².